The number of pyridine rings is 2. The number of fused-ring (bicyclic) bond motifs is 1. The Morgan fingerprint density at radius 2 is 2.06 bits per heavy atom. The lowest BCUT2D eigenvalue weighted by Gasteiger charge is -2.10. The molecule has 0 spiro atoms. The molecule has 4 heterocycles. The van der Waals surface area contributed by atoms with E-state index in [1.807, 2.05) is 43.5 Å². The number of nitriles is 1. The first-order valence-corrected chi connectivity index (χ1v) is 9.61. The molecule has 0 unspecified atom stereocenters. The second-order valence-corrected chi connectivity index (χ2v) is 7.09. The number of oxazole rings is 1. The lowest BCUT2D eigenvalue weighted by molar-refractivity contribution is 0.572. The summed E-state index contributed by atoms with van der Waals surface area (Å²) in [6.07, 6.45) is 5.07. The van der Waals surface area contributed by atoms with E-state index in [0.717, 1.165) is 27.9 Å². The normalized spacial score (nSPS) is 11.0. The lowest BCUT2D eigenvalue weighted by Crippen LogP contribution is -2.02. The fraction of sp³-hybridized carbons (Fsp3) is 0.0870. The van der Waals surface area contributed by atoms with E-state index in [1.165, 1.54) is 6.39 Å². The Balaban J connectivity index is 1.77. The number of rotatable bonds is 4. The van der Waals surface area contributed by atoms with Crippen molar-refractivity contribution in [2.45, 2.75) is 13.5 Å². The Bertz CT molecular complexity index is 1440. The molecule has 4 aromatic heterocycles. The third kappa shape index (κ3) is 3.28. The molecule has 0 fully saturated rings. The van der Waals surface area contributed by atoms with Crippen molar-refractivity contribution in [3.05, 3.63) is 78.2 Å². The molecule has 0 aliphatic carbocycles. The summed E-state index contributed by atoms with van der Waals surface area (Å²) in [7, 11) is 0. The molecule has 5 aromatic rings. The molecule has 0 radical (unpaired) electrons. The van der Waals surface area contributed by atoms with Gasteiger partial charge in [0.2, 0.25) is 0 Å². The van der Waals surface area contributed by atoms with Gasteiger partial charge in [-0.05, 0) is 31.2 Å². The molecule has 5 rings (SSSR count). The van der Waals surface area contributed by atoms with Crippen molar-refractivity contribution in [3.8, 4) is 28.7 Å². The quantitative estimate of drug-likeness (QED) is 0.479. The zero-order valence-corrected chi connectivity index (χ0v) is 16.6. The van der Waals surface area contributed by atoms with Crippen LogP contribution in [0.5, 0.6) is 0 Å². The van der Waals surface area contributed by atoms with Crippen LogP contribution in [0.25, 0.3) is 33.5 Å². The maximum Gasteiger partial charge on any atom is 0.181 e. The zero-order chi connectivity index (χ0) is 21.4. The van der Waals surface area contributed by atoms with E-state index in [4.69, 9.17) is 10.2 Å². The highest BCUT2D eigenvalue weighted by atomic mass is 16.3. The van der Waals surface area contributed by atoms with Crippen LogP contribution in [0.2, 0.25) is 0 Å². The van der Waals surface area contributed by atoms with Crippen molar-refractivity contribution in [2.24, 2.45) is 0 Å². The third-order valence-electron chi connectivity index (χ3n) is 5.03. The van der Waals surface area contributed by atoms with Gasteiger partial charge in [-0.25, -0.2) is 9.97 Å². The van der Waals surface area contributed by atoms with Gasteiger partial charge < -0.3 is 10.2 Å². The molecule has 0 aliphatic heterocycles. The number of nitrogens with zero attached hydrogens (tertiary/aromatic N) is 6. The van der Waals surface area contributed by atoms with Crippen molar-refractivity contribution in [1.82, 2.24) is 24.7 Å². The molecule has 0 saturated heterocycles. The summed E-state index contributed by atoms with van der Waals surface area (Å²) < 4.78 is 7.53. The number of nitrogens with two attached hydrogens (primary N) is 1. The Morgan fingerprint density at radius 3 is 2.81 bits per heavy atom. The first kappa shape index (κ1) is 18.5. The number of hydrogen-bond acceptors (Lipinski definition) is 7. The van der Waals surface area contributed by atoms with Crippen LogP contribution in [0.3, 0.4) is 0 Å². The topological polar surface area (TPSA) is 119 Å². The van der Waals surface area contributed by atoms with Crippen LogP contribution in [0.15, 0.2) is 65.7 Å². The van der Waals surface area contributed by atoms with E-state index in [0.29, 0.717) is 34.9 Å². The van der Waals surface area contributed by atoms with Gasteiger partial charge in [0.1, 0.15) is 5.52 Å². The molecule has 0 bridgehead atoms. The summed E-state index contributed by atoms with van der Waals surface area (Å²) in [6.45, 7) is 2.36. The predicted molar refractivity (Wildman–Crippen MR) is 116 cm³/mol. The number of nitrogen functional groups attached to an aromatic ring is 1. The molecule has 31 heavy (non-hydrogen) atoms. The largest absolute Gasteiger partial charge is 0.443 e. The highest BCUT2D eigenvalue weighted by molar-refractivity contribution is 6.04. The monoisotopic (exact) mass is 407 g/mol. The molecule has 1 aromatic carbocycles. The average Bonchev–Trinajstić information content (AvgIpc) is 3.41. The summed E-state index contributed by atoms with van der Waals surface area (Å²) in [5.41, 5.74) is 11.1. The van der Waals surface area contributed by atoms with Crippen LogP contribution in [0.1, 0.15) is 17.0 Å². The summed E-state index contributed by atoms with van der Waals surface area (Å²) in [5.74, 6) is 0.889. The Kier molecular flexibility index (Phi) is 4.41. The molecule has 2 N–H and O–H groups in total. The Labute approximate surface area is 177 Å². The number of anilines is 1. The van der Waals surface area contributed by atoms with Gasteiger partial charge in [-0.2, -0.15) is 10.4 Å². The van der Waals surface area contributed by atoms with Crippen LogP contribution in [0, 0.1) is 18.3 Å². The zero-order valence-electron chi connectivity index (χ0n) is 16.6. The second-order valence-electron chi connectivity index (χ2n) is 7.09. The molecule has 0 saturated carbocycles. The fourth-order valence-electron chi connectivity index (χ4n) is 3.61. The van der Waals surface area contributed by atoms with Crippen LogP contribution in [0.4, 0.5) is 5.82 Å². The molecule has 0 amide bonds. The van der Waals surface area contributed by atoms with Crippen LogP contribution in [-0.2, 0) is 6.54 Å². The van der Waals surface area contributed by atoms with E-state index in [2.05, 4.69) is 26.1 Å². The van der Waals surface area contributed by atoms with Crippen molar-refractivity contribution in [1.29, 1.82) is 5.26 Å². The van der Waals surface area contributed by atoms with E-state index >= 15 is 0 Å². The minimum absolute atomic E-state index is 0.299. The van der Waals surface area contributed by atoms with E-state index in [9.17, 15) is 5.26 Å². The number of aryl methyl sites for hydroxylation is 1. The summed E-state index contributed by atoms with van der Waals surface area (Å²) >= 11 is 0. The lowest BCUT2D eigenvalue weighted by atomic mass is 9.98. The molecule has 8 nitrogen and oxygen atoms in total. The molecule has 150 valence electrons. The number of benzene rings is 1. The average molecular weight is 407 g/mol. The van der Waals surface area contributed by atoms with Gasteiger partial charge in [-0.15, -0.1) is 0 Å². The SMILES string of the molecule is Cc1ncoc1-c1c(-c2cccc(C#N)c2)nc(N)c2nn(Cc3ccccn3)cc12. The Hall–Kier alpha value is -4.51. The summed E-state index contributed by atoms with van der Waals surface area (Å²) in [4.78, 5) is 13.3. The molecular formula is C23H17N7O. The minimum Gasteiger partial charge on any atom is -0.443 e. The van der Waals surface area contributed by atoms with E-state index in [1.54, 1.807) is 23.0 Å². The third-order valence-corrected chi connectivity index (χ3v) is 5.03. The van der Waals surface area contributed by atoms with Crippen LogP contribution < -0.4 is 5.73 Å². The van der Waals surface area contributed by atoms with E-state index < -0.39 is 0 Å². The van der Waals surface area contributed by atoms with Gasteiger partial charge in [-0.3, -0.25) is 9.67 Å². The van der Waals surface area contributed by atoms with Gasteiger partial charge in [0.25, 0.3) is 0 Å². The smallest absolute Gasteiger partial charge is 0.181 e. The number of aromatic nitrogens is 5. The molecule has 0 atom stereocenters. The van der Waals surface area contributed by atoms with Gasteiger partial charge in [0.05, 0.1) is 40.8 Å². The second kappa shape index (κ2) is 7.39. The maximum absolute atomic E-state index is 9.33. The summed E-state index contributed by atoms with van der Waals surface area (Å²) in [5, 5.41) is 14.8. The van der Waals surface area contributed by atoms with Crippen molar-refractivity contribution in [3.63, 3.8) is 0 Å². The van der Waals surface area contributed by atoms with Gasteiger partial charge in [0, 0.05) is 23.3 Å². The molecule has 0 aliphatic rings. The first-order chi connectivity index (χ1) is 15.1. The highest BCUT2D eigenvalue weighted by Crippen LogP contribution is 2.39. The van der Waals surface area contributed by atoms with Crippen LogP contribution in [-0.4, -0.2) is 24.7 Å². The van der Waals surface area contributed by atoms with Crippen molar-refractivity contribution >= 4 is 16.7 Å². The molecular weight excluding hydrogens is 390 g/mol. The van der Waals surface area contributed by atoms with Crippen LogP contribution >= 0.6 is 0 Å². The van der Waals surface area contributed by atoms with Crippen molar-refractivity contribution < 1.29 is 4.42 Å². The molecule has 8 heteroatoms. The summed E-state index contributed by atoms with van der Waals surface area (Å²) in [6, 6.07) is 15.1. The van der Waals surface area contributed by atoms with Crippen molar-refractivity contribution in [2.75, 3.05) is 5.73 Å². The Morgan fingerprint density at radius 1 is 1.16 bits per heavy atom. The van der Waals surface area contributed by atoms with Gasteiger partial charge >= 0.3 is 0 Å². The van der Waals surface area contributed by atoms with Gasteiger partial charge in [-0.1, -0.05) is 18.2 Å². The fourth-order valence-corrected chi connectivity index (χ4v) is 3.61. The first-order valence-electron chi connectivity index (χ1n) is 9.61. The predicted octanol–water partition coefficient (Wildman–Crippen LogP) is 3.96. The number of hydrogen-bond donors (Lipinski definition) is 1. The maximum atomic E-state index is 9.33. The van der Waals surface area contributed by atoms with E-state index in [-0.39, 0.29) is 0 Å². The minimum atomic E-state index is 0.299. The van der Waals surface area contributed by atoms with Gasteiger partial charge in [0.15, 0.2) is 18.0 Å². The standard InChI is InChI=1S/C23H17N7O/c1-14-22(31-13-27-14)19-18-12-30(11-17-7-2-3-8-26-17)29-21(18)23(25)28-20(19)16-6-4-5-15(9-16)10-24/h2-9,12-13H,11H2,1H3,(H2,25,28). The highest BCUT2D eigenvalue weighted by Gasteiger charge is 2.23.